The van der Waals surface area contributed by atoms with Gasteiger partial charge in [0.2, 0.25) is 5.91 Å². The molecule has 5 nitrogen and oxygen atoms in total. The number of carbonyl (C=O) groups excluding carboxylic acids is 2. The van der Waals surface area contributed by atoms with Crippen LogP contribution in [0.15, 0.2) is 48.8 Å². The Kier molecular flexibility index (Phi) is 4.18. The molecule has 1 aliphatic heterocycles. The molecule has 1 aromatic carbocycles. The first kappa shape index (κ1) is 14.7. The lowest BCUT2D eigenvalue weighted by Gasteiger charge is -2.15. The van der Waals surface area contributed by atoms with Crippen LogP contribution in [0.2, 0.25) is 5.02 Å². The third-order valence-corrected chi connectivity index (χ3v) is 3.75. The largest absolute Gasteiger partial charge is 0.301 e. The van der Waals surface area contributed by atoms with Gasteiger partial charge in [0.1, 0.15) is 0 Å². The normalized spacial score (nSPS) is 18.0. The third-order valence-electron chi connectivity index (χ3n) is 3.51. The summed E-state index contributed by atoms with van der Waals surface area (Å²) in [4.78, 5) is 29.7. The highest BCUT2D eigenvalue weighted by molar-refractivity contribution is 6.31. The molecular formula is C16H14ClN3O2. The number of amides is 2. The fraction of sp³-hybridized carbons (Fsp3) is 0.188. The predicted molar refractivity (Wildman–Crippen MR) is 83.4 cm³/mol. The van der Waals surface area contributed by atoms with E-state index in [9.17, 15) is 9.59 Å². The van der Waals surface area contributed by atoms with Gasteiger partial charge in [-0.15, -0.1) is 0 Å². The van der Waals surface area contributed by atoms with Gasteiger partial charge in [0.05, 0.1) is 18.2 Å². The summed E-state index contributed by atoms with van der Waals surface area (Å²) in [6.07, 6.45) is 3.53. The zero-order valence-electron chi connectivity index (χ0n) is 11.7. The maximum atomic E-state index is 12.4. The molecule has 112 valence electrons. The highest BCUT2D eigenvalue weighted by atomic mass is 35.5. The number of pyridine rings is 1. The zero-order valence-corrected chi connectivity index (χ0v) is 12.5. The first-order valence-electron chi connectivity index (χ1n) is 6.90. The molecule has 1 atom stereocenters. The molecule has 0 bridgehead atoms. The van der Waals surface area contributed by atoms with Crippen LogP contribution in [0.1, 0.15) is 12.0 Å². The minimum absolute atomic E-state index is 0.149. The predicted octanol–water partition coefficient (Wildman–Crippen LogP) is 2.16. The average molecular weight is 316 g/mol. The first-order valence-corrected chi connectivity index (χ1v) is 7.27. The minimum atomic E-state index is -0.514. The van der Waals surface area contributed by atoms with Gasteiger partial charge in [-0.2, -0.15) is 0 Å². The van der Waals surface area contributed by atoms with E-state index in [1.165, 1.54) is 4.90 Å². The van der Waals surface area contributed by atoms with E-state index in [4.69, 9.17) is 11.6 Å². The Bertz CT molecular complexity index is 706. The van der Waals surface area contributed by atoms with Crippen molar-refractivity contribution in [2.24, 2.45) is 0 Å². The van der Waals surface area contributed by atoms with E-state index in [1.807, 2.05) is 12.1 Å². The number of nitrogens with zero attached hydrogens (tertiary/aromatic N) is 2. The molecule has 22 heavy (non-hydrogen) atoms. The molecule has 0 radical (unpaired) electrons. The molecular weight excluding hydrogens is 302 g/mol. The Labute approximate surface area is 132 Å². The monoisotopic (exact) mass is 315 g/mol. The minimum Gasteiger partial charge on any atom is -0.301 e. The molecule has 6 heteroatoms. The molecule has 2 aromatic rings. The summed E-state index contributed by atoms with van der Waals surface area (Å²) < 4.78 is 0. The molecule has 1 fully saturated rings. The maximum absolute atomic E-state index is 12.4. The lowest BCUT2D eigenvalue weighted by molar-refractivity contribution is -0.121. The van der Waals surface area contributed by atoms with E-state index >= 15 is 0 Å². The highest BCUT2D eigenvalue weighted by Gasteiger charge is 2.39. The van der Waals surface area contributed by atoms with E-state index in [0.717, 1.165) is 5.56 Å². The number of hydrogen-bond donors (Lipinski definition) is 1. The number of aromatic nitrogens is 1. The highest BCUT2D eigenvalue weighted by Crippen LogP contribution is 2.25. The van der Waals surface area contributed by atoms with Gasteiger partial charge in [0.15, 0.2) is 0 Å². The van der Waals surface area contributed by atoms with Crippen LogP contribution in [0.3, 0.4) is 0 Å². The van der Waals surface area contributed by atoms with Gasteiger partial charge in [0, 0.05) is 24.0 Å². The van der Waals surface area contributed by atoms with Crippen LogP contribution in [-0.4, -0.2) is 22.8 Å². The average Bonchev–Trinajstić information content (AvgIpc) is 2.80. The number of hydrogen-bond acceptors (Lipinski definition) is 4. The topological polar surface area (TPSA) is 62.3 Å². The van der Waals surface area contributed by atoms with Crippen molar-refractivity contribution in [1.82, 2.24) is 10.3 Å². The van der Waals surface area contributed by atoms with Crippen molar-refractivity contribution in [2.45, 2.75) is 19.0 Å². The Morgan fingerprint density at radius 1 is 1.23 bits per heavy atom. The van der Waals surface area contributed by atoms with Crippen molar-refractivity contribution >= 4 is 29.1 Å². The molecule has 0 saturated carbocycles. The summed E-state index contributed by atoms with van der Waals surface area (Å²) in [5.41, 5.74) is 1.52. The van der Waals surface area contributed by atoms with Crippen molar-refractivity contribution < 1.29 is 9.59 Å². The summed E-state index contributed by atoms with van der Waals surface area (Å²) in [5.74, 6) is -0.471. The van der Waals surface area contributed by atoms with E-state index in [1.54, 1.807) is 36.7 Å². The summed E-state index contributed by atoms with van der Waals surface area (Å²) in [5, 5.41) is 3.61. The molecule has 1 aromatic heterocycles. The number of carbonyl (C=O) groups is 2. The second-order valence-corrected chi connectivity index (χ2v) is 5.48. The Hall–Kier alpha value is -2.24. The number of nitrogens with one attached hydrogen (secondary N) is 1. The molecule has 2 amide bonds. The molecule has 0 unspecified atom stereocenters. The molecule has 0 spiro atoms. The Morgan fingerprint density at radius 3 is 2.73 bits per heavy atom. The molecule has 1 saturated heterocycles. The van der Waals surface area contributed by atoms with Crippen LogP contribution in [0.4, 0.5) is 5.69 Å². The van der Waals surface area contributed by atoms with Crippen LogP contribution >= 0.6 is 11.6 Å². The lowest BCUT2D eigenvalue weighted by atomic mass is 10.2. The van der Waals surface area contributed by atoms with E-state index in [2.05, 4.69) is 10.3 Å². The summed E-state index contributed by atoms with van der Waals surface area (Å²) in [6.45, 7) is 0.510. The second kappa shape index (κ2) is 6.25. The summed E-state index contributed by atoms with van der Waals surface area (Å²) >= 11 is 5.93. The fourth-order valence-electron chi connectivity index (χ4n) is 2.42. The van der Waals surface area contributed by atoms with Gasteiger partial charge in [-0.05, 0) is 35.9 Å². The fourth-order valence-corrected chi connectivity index (χ4v) is 2.60. The summed E-state index contributed by atoms with van der Waals surface area (Å²) in [7, 11) is 0. The number of benzene rings is 1. The lowest BCUT2D eigenvalue weighted by Crippen LogP contribution is -2.38. The number of anilines is 1. The van der Waals surface area contributed by atoms with Crippen molar-refractivity contribution in [3.05, 3.63) is 59.4 Å². The van der Waals surface area contributed by atoms with Crippen LogP contribution in [-0.2, 0) is 16.1 Å². The number of imide groups is 1. The van der Waals surface area contributed by atoms with Crippen LogP contribution in [0.5, 0.6) is 0 Å². The van der Waals surface area contributed by atoms with Crippen LogP contribution < -0.4 is 10.2 Å². The van der Waals surface area contributed by atoms with E-state index in [-0.39, 0.29) is 18.2 Å². The van der Waals surface area contributed by atoms with Gasteiger partial charge in [0.25, 0.3) is 5.91 Å². The van der Waals surface area contributed by atoms with Crippen LogP contribution in [0, 0.1) is 0 Å². The first-order chi connectivity index (χ1) is 10.6. The smallest absolute Gasteiger partial charge is 0.251 e. The summed E-state index contributed by atoms with van der Waals surface area (Å²) in [6, 6.07) is 9.95. The van der Waals surface area contributed by atoms with Crippen LogP contribution in [0.25, 0.3) is 0 Å². The standard InChI is InChI=1S/C16H14ClN3O2/c17-12-2-1-3-13(8-12)20-15(21)9-14(16(20)22)19-10-11-4-6-18-7-5-11/h1-8,14,19H,9-10H2/t14-/m0/s1. The second-order valence-electron chi connectivity index (χ2n) is 5.04. The van der Waals surface area contributed by atoms with Gasteiger partial charge in [-0.3, -0.25) is 14.6 Å². The van der Waals surface area contributed by atoms with Crippen molar-refractivity contribution in [3.8, 4) is 0 Å². The third kappa shape index (κ3) is 3.00. The maximum Gasteiger partial charge on any atom is 0.251 e. The van der Waals surface area contributed by atoms with Crippen molar-refractivity contribution in [2.75, 3.05) is 4.90 Å². The van der Waals surface area contributed by atoms with Crippen molar-refractivity contribution in [1.29, 1.82) is 0 Å². The van der Waals surface area contributed by atoms with E-state index < -0.39 is 6.04 Å². The van der Waals surface area contributed by atoms with Gasteiger partial charge in [-0.1, -0.05) is 17.7 Å². The number of halogens is 1. The quantitative estimate of drug-likeness (QED) is 0.878. The zero-order chi connectivity index (χ0) is 15.5. The Morgan fingerprint density at radius 2 is 2.00 bits per heavy atom. The SMILES string of the molecule is O=C1C[C@H](NCc2ccncc2)C(=O)N1c1cccc(Cl)c1. The van der Waals surface area contributed by atoms with Gasteiger partial charge in [-0.25, -0.2) is 4.90 Å². The van der Waals surface area contributed by atoms with Gasteiger partial charge >= 0.3 is 0 Å². The molecule has 0 aliphatic carbocycles. The molecule has 1 aliphatic rings. The molecule has 2 heterocycles. The van der Waals surface area contributed by atoms with Crippen molar-refractivity contribution in [3.63, 3.8) is 0 Å². The molecule has 3 rings (SSSR count). The van der Waals surface area contributed by atoms with Gasteiger partial charge < -0.3 is 5.32 Å². The molecule has 1 N–H and O–H groups in total. The van der Waals surface area contributed by atoms with E-state index in [0.29, 0.717) is 17.3 Å². The Balaban J connectivity index is 1.71. The number of rotatable bonds is 4.